The Labute approximate surface area is 306 Å². The second kappa shape index (κ2) is 12.7. The largest absolute Gasteiger partial charge is 0.506 e. The molecule has 19 heteroatoms. The molecule has 17 nitrogen and oxygen atoms in total. The monoisotopic (exact) mass is 765 g/mol. The van der Waals surface area contributed by atoms with Crippen molar-refractivity contribution in [1.29, 1.82) is 0 Å². The first kappa shape index (κ1) is 35.3. The van der Waals surface area contributed by atoms with Crippen molar-refractivity contribution in [2.45, 2.75) is 49.9 Å². The Morgan fingerprint density at radius 2 is 1.76 bits per heavy atom. The van der Waals surface area contributed by atoms with Crippen LogP contribution in [0.1, 0.15) is 38.1 Å². The van der Waals surface area contributed by atoms with Crippen molar-refractivity contribution in [3.63, 3.8) is 0 Å². The highest BCUT2D eigenvalue weighted by atomic mass is 32.2. The van der Waals surface area contributed by atoms with Gasteiger partial charge in [-0.1, -0.05) is 6.07 Å². The van der Waals surface area contributed by atoms with Gasteiger partial charge in [0.05, 0.1) is 36.1 Å². The first-order valence-corrected chi connectivity index (χ1v) is 18.8. The van der Waals surface area contributed by atoms with Gasteiger partial charge < -0.3 is 24.7 Å². The average molecular weight is 766 g/mol. The number of fused-ring (bicyclic) bond motifs is 2. The van der Waals surface area contributed by atoms with E-state index in [-0.39, 0.29) is 66.4 Å². The minimum atomic E-state index is -4.37. The Morgan fingerprint density at radius 3 is 2.44 bits per heavy atom. The van der Waals surface area contributed by atoms with Crippen LogP contribution in [0.4, 0.5) is 15.8 Å². The summed E-state index contributed by atoms with van der Waals surface area (Å²) in [7, 11) is -2.75. The molecule has 284 valence electrons. The molecular weight excluding hydrogens is 729 g/mol. The zero-order valence-corrected chi connectivity index (χ0v) is 29.8. The normalized spacial score (nSPS) is 21.4. The van der Waals surface area contributed by atoms with Gasteiger partial charge in [0.25, 0.3) is 5.91 Å². The summed E-state index contributed by atoms with van der Waals surface area (Å²) in [6.07, 6.45) is 0.527. The highest BCUT2D eigenvalue weighted by Crippen LogP contribution is 2.40. The van der Waals surface area contributed by atoms with E-state index in [0.717, 1.165) is 5.69 Å². The van der Waals surface area contributed by atoms with Crippen LogP contribution < -0.4 is 29.7 Å². The minimum absolute atomic E-state index is 0.0368. The number of ether oxygens (including phenoxy) is 1. The van der Waals surface area contributed by atoms with Crippen molar-refractivity contribution in [3.8, 4) is 11.5 Å². The van der Waals surface area contributed by atoms with Gasteiger partial charge in [0.1, 0.15) is 35.9 Å². The number of aromatic hydroxyl groups is 1. The van der Waals surface area contributed by atoms with Crippen LogP contribution in [-0.2, 0) is 36.4 Å². The molecule has 1 aromatic heterocycles. The number of halogens is 1. The number of nitrogens with zero attached hydrogens (tertiary/aromatic N) is 5. The fraction of sp³-hybridized carbons (Fsp3) is 0.400. The number of imide groups is 1. The average Bonchev–Trinajstić information content (AvgIpc) is 3.51. The summed E-state index contributed by atoms with van der Waals surface area (Å²) < 4.78 is 51.3. The standard InChI is InChI=1S/C35H36FN7O10S/c1-39-26-13-20(3-5-24(26)43(34(39)49)25-6-7-28(45)37-33(25)48)40-10-8-35(50,9-11-40)15-30(47)41-16-22(17-41)53-21-4-2-19-12-27(44)32(31(36)23(19)14-21)42-18-29(46)38-54(42,51)52/h2-5,12-14,22,25,44,50H,6-11,15-18H2,1H3,(H,38,46)(H,37,45,48). The molecule has 0 radical (unpaired) electrons. The molecule has 4 aliphatic rings. The second-order valence-electron chi connectivity index (χ2n) is 14.3. The molecule has 0 aliphatic carbocycles. The number of rotatable bonds is 7. The van der Waals surface area contributed by atoms with Gasteiger partial charge in [-0.3, -0.25) is 33.6 Å². The van der Waals surface area contributed by atoms with Crippen molar-refractivity contribution in [1.82, 2.24) is 24.1 Å². The number of piperidine rings is 2. The van der Waals surface area contributed by atoms with E-state index in [9.17, 15) is 42.6 Å². The lowest BCUT2D eigenvalue weighted by atomic mass is 9.87. The zero-order chi connectivity index (χ0) is 38.3. The van der Waals surface area contributed by atoms with Crippen LogP contribution in [0.2, 0.25) is 0 Å². The highest BCUT2D eigenvalue weighted by Gasteiger charge is 2.41. The van der Waals surface area contributed by atoms with Gasteiger partial charge in [-0.05, 0) is 61.0 Å². The molecule has 0 bridgehead atoms. The van der Waals surface area contributed by atoms with Crippen molar-refractivity contribution in [2.75, 3.05) is 41.9 Å². The van der Waals surface area contributed by atoms with Gasteiger partial charge in [0, 0.05) is 37.6 Å². The van der Waals surface area contributed by atoms with Gasteiger partial charge >= 0.3 is 15.9 Å². The smallest absolute Gasteiger partial charge is 0.329 e. The number of hydrogen-bond acceptors (Lipinski definition) is 11. The van der Waals surface area contributed by atoms with Crippen LogP contribution in [-0.4, -0.2) is 101 Å². The zero-order valence-electron chi connectivity index (χ0n) is 28.9. The summed E-state index contributed by atoms with van der Waals surface area (Å²) in [5.74, 6) is -3.41. The summed E-state index contributed by atoms with van der Waals surface area (Å²) in [6, 6.07) is 10.3. The van der Waals surface area contributed by atoms with E-state index in [4.69, 9.17) is 4.74 Å². The van der Waals surface area contributed by atoms with Crippen LogP contribution in [0.25, 0.3) is 21.8 Å². The number of imidazole rings is 1. The predicted molar refractivity (Wildman–Crippen MR) is 191 cm³/mol. The second-order valence-corrected chi connectivity index (χ2v) is 15.9. The molecule has 4 aromatic rings. The molecule has 4 fully saturated rings. The summed E-state index contributed by atoms with van der Waals surface area (Å²) >= 11 is 0. The number of benzene rings is 3. The molecule has 0 saturated carbocycles. The van der Waals surface area contributed by atoms with Crippen LogP contribution in [0.5, 0.6) is 11.5 Å². The Hall–Kier alpha value is -5.69. The van der Waals surface area contributed by atoms with E-state index in [1.54, 1.807) is 28.8 Å². The van der Waals surface area contributed by atoms with Crippen molar-refractivity contribution < 1.29 is 46.9 Å². The predicted octanol–water partition coefficient (Wildman–Crippen LogP) is 0.508. The fourth-order valence-electron chi connectivity index (χ4n) is 7.70. The maximum atomic E-state index is 15.6. The molecule has 54 heavy (non-hydrogen) atoms. The third kappa shape index (κ3) is 6.05. The quantitative estimate of drug-likeness (QED) is 0.190. The van der Waals surface area contributed by atoms with E-state index >= 15 is 4.39 Å². The maximum absolute atomic E-state index is 15.6. The number of aliphatic hydroxyl groups is 1. The number of phenols is 1. The molecule has 8 rings (SSSR count). The lowest BCUT2D eigenvalue weighted by molar-refractivity contribution is -0.146. The van der Waals surface area contributed by atoms with Gasteiger partial charge in [0.2, 0.25) is 17.7 Å². The van der Waals surface area contributed by atoms with Crippen molar-refractivity contribution in [2.24, 2.45) is 7.05 Å². The lowest BCUT2D eigenvalue weighted by Crippen LogP contribution is -2.58. The number of aromatic nitrogens is 2. The molecule has 4 amide bonds. The summed E-state index contributed by atoms with van der Waals surface area (Å²) in [5.41, 5.74) is -0.226. The Morgan fingerprint density at radius 1 is 1.02 bits per heavy atom. The van der Waals surface area contributed by atoms with Gasteiger partial charge in [0.15, 0.2) is 5.82 Å². The number of likely N-dealkylation sites (tertiary alicyclic amines) is 1. The Bertz CT molecular complexity index is 2450. The molecule has 1 unspecified atom stereocenters. The van der Waals surface area contributed by atoms with Gasteiger partial charge in [-0.2, -0.15) is 8.42 Å². The van der Waals surface area contributed by atoms with Gasteiger partial charge in [-0.15, -0.1) is 0 Å². The van der Waals surface area contributed by atoms with E-state index in [0.29, 0.717) is 41.3 Å². The number of anilines is 2. The van der Waals surface area contributed by atoms with E-state index < -0.39 is 63.6 Å². The molecule has 4 saturated heterocycles. The third-order valence-electron chi connectivity index (χ3n) is 10.7. The SMILES string of the molecule is Cn1c(=O)n(C2CCC(=O)NC2=O)c2ccc(N3CCC(O)(CC(=O)N4CC(Oc5ccc6cc(O)c(N7CC(=O)NS7(=O)=O)c(F)c6c5)C4)CC3)cc21. The van der Waals surface area contributed by atoms with E-state index in [1.165, 1.54) is 27.3 Å². The van der Waals surface area contributed by atoms with Crippen LogP contribution in [0, 0.1) is 5.82 Å². The van der Waals surface area contributed by atoms with Crippen LogP contribution in [0.3, 0.4) is 0 Å². The molecule has 4 aliphatic heterocycles. The first-order chi connectivity index (χ1) is 25.6. The number of carbonyl (C=O) groups excluding carboxylic acids is 4. The first-order valence-electron chi connectivity index (χ1n) is 17.4. The Balaban J connectivity index is 0.875. The molecule has 0 spiro atoms. The Kier molecular flexibility index (Phi) is 8.33. The van der Waals surface area contributed by atoms with E-state index in [1.807, 2.05) is 12.1 Å². The number of hydrogen-bond donors (Lipinski definition) is 4. The van der Waals surface area contributed by atoms with Crippen LogP contribution in [0.15, 0.2) is 47.3 Å². The topological polar surface area (TPSA) is 213 Å². The molecule has 1 atom stereocenters. The van der Waals surface area contributed by atoms with E-state index in [2.05, 4.69) is 10.2 Å². The number of nitrogens with one attached hydrogen (secondary N) is 2. The lowest BCUT2D eigenvalue weighted by Gasteiger charge is -2.43. The highest BCUT2D eigenvalue weighted by molar-refractivity contribution is 7.92. The van der Waals surface area contributed by atoms with Crippen molar-refractivity contribution >= 4 is 67.0 Å². The summed E-state index contributed by atoms with van der Waals surface area (Å²) in [6.45, 7) is 0.700. The fourth-order valence-corrected chi connectivity index (χ4v) is 8.87. The number of amides is 4. The van der Waals surface area contributed by atoms with Gasteiger partial charge in [-0.25, -0.2) is 18.2 Å². The summed E-state index contributed by atoms with van der Waals surface area (Å²) in [5, 5.41) is 24.3. The molecular formula is C35H36FN7O10S. The maximum Gasteiger partial charge on any atom is 0.329 e. The summed E-state index contributed by atoms with van der Waals surface area (Å²) in [4.78, 5) is 65.9. The number of aryl methyl sites for hydroxylation is 1. The third-order valence-corrected chi connectivity index (χ3v) is 12.1. The minimum Gasteiger partial charge on any atom is -0.506 e. The molecule has 5 heterocycles. The van der Waals surface area contributed by atoms with Crippen molar-refractivity contribution in [3.05, 3.63) is 58.8 Å². The number of carbonyl (C=O) groups is 4. The molecule has 3 aromatic carbocycles. The number of phenolic OH excluding ortho intramolecular Hbond substituents is 1. The van der Waals surface area contributed by atoms with Crippen LogP contribution >= 0.6 is 0 Å². The molecule has 4 N–H and O–H groups in total.